The standard InChI is InChI=1S/C14H22ClN3/c15-12-7-8-14(17-11-12)18(10-4-9-16)13-5-2-1-3-6-13/h7-8,11,13H,1-6,9-10,16H2. The van der Waals surface area contributed by atoms with Crippen molar-refractivity contribution < 1.29 is 0 Å². The highest BCUT2D eigenvalue weighted by Gasteiger charge is 2.21. The molecule has 0 bridgehead atoms. The summed E-state index contributed by atoms with van der Waals surface area (Å²) in [6, 6.07) is 4.56. The molecule has 1 saturated carbocycles. The molecule has 1 aromatic rings. The van der Waals surface area contributed by atoms with Crippen molar-refractivity contribution in [3.05, 3.63) is 23.4 Å². The molecule has 1 aliphatic rings. The molecule has 1 aromatic heterocycles. The fourth-order valence-corrected chi connectivity index (χ4v) is 2.79. The van der Waals surface area contributed by atoms with Gasteiger partial charge in [-0.2, -0.15) is 0 Å². The molecule has 1 heterocycles. The van der Waals surface area contributed by atoms with Crippen molar-refractivity contribution in [3.63, 3.8) is 0 Å². The van der Waals surface area contributed by atoms with Crippen molar-refractivity contribution in [2.75, 3.05) is 18.0 Å². The van der Waals surface area contributed by atoms with Crippen LogP contribution in [0.4, 0.5) is 5.82 Å². The molecule has 2 rings (SSSR count). The first-order valence-electron chi connectivity index (χ1n) is 6.89. The first kappa shape index (κ1) is 13.6. The van der Waals surface area contributed by atoms with E-state index in [-0.39, 0.29) is 0 Å². The van der Waals surface area contributed by atoms with Crippen LogP contribution in [0.15, 0.2) is 18.3 Å². The molecule has 0 aromatic carbocycles. The van der Waals surface area contributed by atoms with Gasteiger partial charge in [0.15, 0.2) is 0 Å². The normalized spacial score (nSPS) is 16.8. The first-order valence-corrected chi connectivity index (χ1v) is 7.27. The van der Waals surface area contributed by atoms with Crippen molar-refractivity contribution in [1.29, 1.82) is 0 Å². The zero-order chi connectivity index (χ0) is 12.8. The van der Waals surface area contributed by atoms with Crippen molar-refractivity contribution in [1.82, 2.24) is 4.98 Å². The predicted molar refractivity (Wildman–Crippen MR) is 77.1 cm³/mol. The Morgan fingerprint density at radius 2 is 2.06 bits per heavy atom. The van der Waals surface area contributed by atoms with Crippen LogP contribution in [0.25, 0.3) is 0 Å². The SMILES string of the molecule is NCCCN(c1ccc(Cl)cn1)C1CCCCC1. The number of pyridine rings is 1. The van der Waals surface area contributed by atoms with E-state index in [1.165, 1.54) is 32.1 Å². The Bertz CT molecular complexity index is 347. The Labute approximate surface area is 114 Å². The van der Waals surface area contributed by atoms with Gasteiger partial charge in [0.1, 0.15) is 5.82 Å². The van der Waals surface area contributed by atoms with Crippen molar-refractivity contribution >= 4 is 17.4 Å². The molecule has 0 radical (unpaired) electrons. The number of hydrogen-bond acceptors (Lipinski definition) is 3. The molecular formula is C14H22ClN3. The number of nitrogens with zero attached hydrogens (tertiary/aromatic N) is 2. The molecule has 0 aliphatic heterocycles. The third-order valence-electron chi connectivity index (χ3n) is 3.62. The van der Waals surface area contributed by atoms with Crippen molar-refractivity contribution in [2.24, 2.45) is 5.73 Å². The lowest BCUT2D eigenvalue weighted by Gasteiger charge is -2.35. The Hall–Kier alpha value is -0.800. The summed E-state index contributed by atoms with van der Waals surface area (Å²) in [6.45, 7) is 1.73. The van der Waals surface area contributed by atoms with Crippen LogP contribution in [0, 0.1) is 0 Å². The van der Waals surface area contributed by atoms with Gasteiger partial charge in [-0.15, -0.1) is 0 Å². The third kappa shape index (κ3) is 3.59. The monoisotopic (exact) mass is 267 g/mol. The summed E-state index contributed by atoms with van der Waals surface area (Å²) in [4.78, 5) is 6.88. The zero-order valence-electron chi connectivity index (χ0n) is 10.8. The van der Waals surface area contributed by atoms with E-state index in [0.29, 0.717) is 11.1 Å². The molecule has 18 heavy (non-hydrogen) atoms. The van der Waals surface area contributed by atoms with E-state index >= 15 is 0 Å². The van der Waals surface area contributed by atoms with Gasteiger partial charge in [-0.1, -0.05) is 30.9 Å². The zero-order valence-corrected chi connectivity index (χ0v) is 11.6. The number of anilines is 1. The minimum atomic E-state index is 0.624. The van der Waals surface area contributed by atoms with Crippen LogP contribution in [0.3, 0.4) is 0 Å². The molecule has 3 nitrogen and oxygen atoms in total. The average molecular weight is 268 g/mol. The Morgan fingerprint density at radius 1 is 1.28 bits per heavy atom. The van der Waals surface area contributed by atoms with E-state index in [2.05, 4.69) is 9.88 Å². The van der Waals surface area contributed by atoms with Gasteiger partial charge in [0.05, 0.1) is 5.02 Å². The second kappa shape index (κ2) is 6.95. The maximum absolute atomic E-state index is 5.91. The minimum Gasteiger partial charge on any atom is -0.354 e. The van der Waals surface area contributed by atoms with Crippen molar-refractivity contribution in [2.45, 2.75) is 44.6 Å². The molecule has 0 spiro atoms. The van der Waals surface area contributed by atoms with Crippen LogP contribution in [0.5, 0.6) is 0 Å². The fourth-order valence-electron chi connectivity index (χ4n) is 2.68. The van der Waals surface area contributed by atoms with Gasteiger partial charge in [-0.3, -0.25) is 0 Å². The molecule has 0 amide bonds. The molecule has 1 fully saturated rings. The maximum atomic E-state index is 5.91. The lowest BCUT2D eigenvalue weighted by atomic mass is 9.94. The smallest absolute Gasteiger partial charge is 0.128 e. The predicted octanol–water partition coefficient (Wildman–Crippen LogP) is 3.22. The Morgan fingerprint density at radius 3 is 2.67 bits per heavy atom. The summed E-state index contributed by atoms with van der Waals surface area (Å²) in [6.07, 6.45) is 9.32. The highest BCUT2D eigenvalue weighted by molar-refractivity contribution is 6.30. The van der Waals surface area contributed by atoms with Crippen LogP contribution < -0.4 is 10.6 Å². The number of nitrogens with two attached hydrogens (primary N) is 1. The van der Waals surface area contributed by atoms with E-state index in [1.54, 1.807) is 6.20 Å². The Kier molecular flexibility index (Phi) is 5.26. The third-order valence-corrected chi connectivity index (χ3v) is 3.85. The summed E-state index contributed by atoms with van der Waals surface area (Å²) in [7, 11) is 0. The van der Waals surface area contributed by atoms with Gasteiger partial charge < -0.3 is 10.6 Å². The lowest BCUT2D eigenvalue weighted by molar-refractivity contribution is 0.411. The molecular weight excluding hydrogens is 246 g/mol. The van der Waals surface area contributed by atoms with E-state index in [1.807, 2.05) is 12.1 Å². The summed E-state index contributed by atoms with van der Waals surface area (Å²) >= 11 is 5.91. The first-order chi connectivity index (χ1) is 8.81. The minimum absolute atomic E-state index is 0.624. The lowest BCUT2D eigenvalue weighted by Crippen LogP contribution is -2.38. The van der Waals surface area contributed by atoms with Crippen molar-refractivity contribution in [3.8, 4) is 0 Å². The van der Waals surface area contributed by atoms with Crippen LogP contribution in [-0.4, -0.2) is 24.1 Å². The van der Waals surface area contributed by atoms with Crippen LogP contribution in [0.2, 0.25) is 5.02 Å². The van der Waals surface area contributed by atoms with Crippen LogP contribution >= 0.6 is 11.6 Å². The molecule has 0 atom stereocenters. The highest BCUT2D eigenvalue weighted by Crippen LogP contribution is 2.26. The van der Waals surface area contributed by atoms with Gasteiger partial charge in [0, 0.05) is 18.8 Å². The van der Waals surface area contributed by atoms with E-state index in [9.17, 15) is 0 Å². The van der Waals surface area contributed by atoms with Gasteiger partial charge in [0.25, 0.3) is 0 Å². The highest BCUT2D eigenvalue weighted by atomic mass is 35.5. The van der Waals surface area contributed by atoms with Gasteiger partial charge in [-0.05, 0) is 37.9 Å². The topological polar surface area (TPSA) is 42.1 Å². The summed E-state index contributed by atoms with van der Waals surface area (Å²) < 4.78 is 0. The summed E-state index contributed by atoms with van der Waals surface area (Å²) in [5, 5.41) is 0.696. The van der Waals surface area contributed by atoms with E-state index in [4.69, 9.17) is 17.3 Å². The maximum Gasteiger partial charge on any atom is 0.128 e. The number of rotatable bonds is 5. The number of halogens is 1. The quantitative estimate of drug-likeness (QED) is 0.891. The second-order valence-corrected chi connectivity index (χ2v) is 5.40. The molecule has 100 valence electrons. The average Bonchev–Trinajstić information content (AvgIpc) is 2.42. The fraction of sp³-hybridized carbons (Fsp3) is 0.643. The molecule has 0 saturated heterocycles. The van der Waals surface area contributed by atoms with Gasteiger partial charge in [0.2, 0.25) is 0 Å². The summed E-state index contributed by atoms with van der Waals surface area (Å²) in [5.74, 6) is 1.04. The molecule has 2 N–H and O–H groups in total. The van der Waals surface area contributed by atoms with E-state index in [0.717, 1.165) is 25.3 Å². The summed E-state index contributed by atoms with van der Waals surface area (Å²) in [5.41, 5.74) is 5.64. The second-order valence-electron chi connectivity index (χ2n) is 4.96. The number of hydrogen-bond donors (Lipinski definition) is 1. The van der Waals surface area contributed by atoms with Gasteiger partial charge >= 0.3 is 0 Å². The molecule has 1 aliphatic carbocycles. The van der Waals surface area contributed by atoms with Crippen LogP contribution in [0.1, 0.15) is 38.5 Å². The molecule has 0 unspecified atom stereocenters. The van der Waals surface area contributed by atoms with Crippen LogP contribution in [-0.2, 0) is 0 Å². The number of aromatic nitrogens is 1. The Balaban J connectivity index is 2.10. The van der Waals surface area contributed by atoms with Gasteiger partial charge in [-0.25, -0.2) is 4.98 Å². The molecule has 4 heteroatoms. The largest absolute Gasteiger partial charge is 0.354 e. The van der Waals surface area contributed by atoms with E-state index < -0.39 is 0 Å².